The summed E-state index contributed by atoms with van der Waals surface area (Å²) in [5.74, 6) is -0.902. The number of nitrogens with one attached hydrogen (secondary N) is 1. The van der Waals surface area contributed by atoms with Crippen molar-refractivity contribution in [1.82, 2.24) is 4.57 Å². The van der Waals surface area contributed by atoms with Crippen LogP contribution in [0.15, 0.2) is 6.07 Å². The van der Waals surface area contributed by atoms with Crippen molar-refractivity contribution in [3.8, 4) is 6.07 Å². The van der Waals surface area contributed by atoms with Gasteiger partial charge in [-0.15, -0.1) is 11.3 Å². The van der Waals surface area contributed by atoms with Gasteiger partial charge >= 0.3 is 5.97 Å². The normalized spacial score (nSPS) is 15.6. The summed E-state index contributed by atoms with van der Waals surface area (Å²) in [4.78, 5) is 25.9. The SMILES string of the molecule is Cc1cc(C(=O)OCC(=O)Nc2sc3c(c2C#N)CCCC3)c(C)n1C1CC1. The van der Waals surface area contributed by atoms with Gasteiger partial charge < -0.3 is 14.6 Å². The molecule has 0 aromatic carbocycles. The number of aryl methyl sites for hydroxylation is 2. The lowest BCUT2D eigenvalue weighted by molar-refractivity contribution is -0.119. The summed E-state index contributed by atoms with van der Waals surface area (Å²) in [7, 11) is 0. The molecule has 146 valence electrons. The van der Waals surface area contributed by atoms with Crippen LogP contribution in [0, 0.1) is 25.2 Å². The molecule has 2 aliphatic rings. The Hall–Kier alpha value is -2.59. The first kappa shape index (κ1) is 18.8. The lowest BCUT2D eigenvalue weighted by Gasteiger charge is -2.09. The lowest BCUT2D eigenvalue weighted by Crippen LogP contribution is -2.21. The van der Waals surface area contributed by atoms with Crippen LogP contribution in [-0.2, 0) is 22.4 Å². The van der Waals surface area contributed by atoms with Crippen molar-refractivity contribution in [3.05, 3.63) is 39.0 Å². The van der Waals surface area contributed by atoms with Gasteiger partial charge in [0.15, 0.2) is 6.61 Å². The number of fused-ring (bicyclic) bond motifs is 1. The molecule has 0 atom stereocenters. The minimum atomic E-state index is -0.485. The van der Waals surface area contributed by atoms with E-state index >= 15 is 0 Å². The number of esters is 1. The van der Waals surface area contributed by atoms with Crippen LogP contribution in [0.25, 0.3) is 0 Å². The van der Waals surface area contributed by atoms with Gasteiger partial charge in [-0.1, -0.05) is 0 Å². The molecular formula is C21H23N3O3S. The second-order valence-corrected chi connectivity index (χ2v) is 8.64. The first-order chi connectivity index (χ1) is 13.5. The summed E-state index contributed by atoms with van der Waals surface area (Å²) < 4.78 is 7.42. The van der Waals surface area contributed by atoms with Crippen LogP contribution in [-0.4, -0.2) is 23.1 Å². The average molecular weight is 398 g/mol. The van der Waals surface area contributed by atoms with Crippen LogP contribution >= 0.6 is 11.3 Å². The van der Waals surface area contributed by atoms with Crippen molar-refractivity contribution in [2.24, 2.45) is 0 Å². The summed E-state index contributed by atoms with van der Waals surface area (Å²) in [5.41, 5.74) is 4.08. The summed E-state index contributed by atoms with van der Waals surface area (Å²) in [5, 5.41) is 12.8. The predicted octanol–water partition coefficient (Wildman–Crippen LogP) is 4.05. The number of nitrogens with zero attached hydrogens (tertiary/aromatic N) is 2. The molecule has 0 unspecified atom stereocenters. The molecule has 1 amide bonds. The number of nitriles is 1. The third-order valence-corrected chi connectivity index (χ3v) is 6.69. The van der Waals surface area contributed by atoms with Crippen molar-refractivity contribution >= 4 is 28.2 Å². The van der Waals surface area contributed by atoms with Crippen molar-refractivity contribution in [2.45, 2.75) is 58.4 Å². The molecular weight excluding hydrogens is 374 g/mol. The van der Waals surface area contributed by atoms with Gasteiger partial charge in [0.2, 0.25) is 0 Å². The maximum absolute atomic E-state index is 12.4. The number of ether oxygens (including phenoxy) is 1. The van der Waals surface area contributed by atoms with E-state index < -0.39 is 11.9 Å². The zero-order chi connectivity index (χ0) is 19.8. The molecule has 2 aromatic rings. The van der Waals surface area contributed by atoms with E-state index in [4.69, 9.17) is 4.74 Å². The molecule has 2 heterocycles. The smallest absolute Gasteiger partial charge is 0.340 e. The molecule has 1 saturated carbocycles. The summed E-state index contributed by atoms with van der Waals surface area (Å²) in [6, 6.07) is 4.53. The van der Waals surface area contributed by atoms with Crippen LogP contribution in [0.5, 0.6) is 0 Å². The minimum Gasteiger partial charge on any atom is -0.452 e. The average Bonchev–Trinajstić information content (AvgIpc) is 3.37. The lowest BCUT2D eigenvalue weighted by atomic mass is 9.96. The Bertz CT molecular complexity index is 992. The van der Waals surface area contributed by atoms with E-state index in [1.165, 1.54) is 16.2 Å². The predicted molar refractivity (Wildman–Crippen MR) is 107 cm³/mol. The second-order valence-electron chi connectivity index (χ2n) is 7.54. The monoisotopic (exact) mass is 397 g/mol. The van der Waals surface area contributed by atoms with E-state index in [2.05, 4.69) is 16.0 Å². The van der Waals surface area contributed by atoms with Gasteiger partial charge in [-0.3, -0.25) is 4.79 Å². The number of carbonyl (C=O) groups excluding carboxylic acids is 2. The fraction of sp³-hybridized carbons (Fsp3) is 0.476. The largest absolute Gasteiger partial charge is 0.452 e. The van der Waals surface area contributed by atoms with Gasteiger partial charge in [0.25, 0.3) is 5.91 Å². The first-order valence-corrected chi connectivity index (χ1v) is 10.5. The van der Waals surface area contributed by atoms with Crippen LogP contribution in [0.2, 0.25) is 0 Å². The molecule has 0 radical (unpaired) electrons. The van der Waals surface area contributed by atoms with E-state index in [-0.39, 0.29) is 6.61 Å². The number of thiophene rings is 1. The fourth-order valence-electron chi connectivity index (χ4n) is 4.02. The van der Waals surface area contributed by atoms with Gasteiger partial charge in [0.05, 0.1) is 11.1 Å². The third-order valence-electron chi connectivity index (χ3n) is 5.49. The Morgan fingerprint density at radius 3 is 2.79 bits per heavy atom. The zero-order valence-corrected chi connectivity index (χ0v) is 16.9. The van der Waals surface area contributed by atoms with Crippen LogP contribution in [0.3, 0.4) is 0 Å². The van der Waals surface area contributed by atoms with E-state index in [9.17, 15) is 14.9 Å². The summed E-state index contributed by atoms with van der Waals surface area (Å²) in [6.07, 6.45) is 6.30. The second kappa shape index (κ2) is 7.44. The van der Waals surface area contributed by atoms with E-state index in [0.717, 1.165) is 55.5 Å². The third kappa shape index (κ3) is 3.45. The van der Waals surface area contributed by atoms with E-state index in [1.54, 1.807) is 0 Å². The molecule has 1 N–H and O–H groups in total. The van der Waals surface area contributed by atoms with Gasteiger partial charge in [0, 0.05) is 22.3 Å². The molecule has 0 spiro atoms. The van der Waals surface area contributed by atoms with Crippen molar-refractivity contribution in [1.29, 1.82) is 5.26 Å². The first-order valence-electron chi connectivity index (χ1n) is 9.69. The van der Waals surface area contributed by atoms with Crippen LogP contribution < -0.4 is 5.32 Å². The van der Waals surface area contributed by atoms with Gasteiger partial charge in [-0.2, -0.15) is 5.26 Å². The van der Waals surface area contributed by atoms with Gasteiger partial charge in [-0.05, 0) is 64.0 Å². The maximum Gasteiger partial charge on any atom is 0.340 e. The van der Waals surface area contributed by atoms with Crippen LogP contribution in [0.4, 0.5) is 5.00 Å². The molecule has 28 heavy (non-hydrogen) atoms. The summed E-state index contributed by atoms with van der Waals surface area (Å²) >= 11 is 1.47. The number of amides is 1. The number of hydrogen-bond acceptors (Lipinski definition) is 5. The highest BCUT2D eigenvalue weighted by atomic mass is 32.1. The molecule has 0 aliphatic heterocycles. The highest BCUT2D eigenvalue weighted by molar-refractivity contribution is 7.16. The number of rotatable bonds is 5. The molecule has 2 aromatic heterocycles. The van der Waals surface area contributed by atoms with Gasteiger partial charge in [-0.25, -0.2) is 4.79 Å². The van der Waals surface area contributed by atoms with Crippen molar-refractivity contribution in [2.75, 3.05) is 11.9 Å². The standard InChI is InChI=1S/C21H23N3O3S/c1-12-9-16(13(2)24(12)14-7-8-14)21(26)27-11-19(25)23-20-17(10-22)15-5-3-4-6-18(15)28-20/h9,14H,3-8,11H2,1-2H3,(H,23,25). The number of aromatic nitrogens is 1. The highest BCUT2D eigenvalue weighted by Crippen LogP contribution is 2.39. The molecule has 6 nitrogen and oxygen atoms in total. The molecule has 7 heteroatoms. The molecule has 4 rings (SSSR count). The topological polar surface area (TPSA) is 84.1 Å². The van der Waals surface area contributed by atoms with E-state index in [0.29, 0.717) is 22.2 Å². The Balaban J connectivity index is 1.40. The minimum absolute atomic E-state index is 0.362. The number of carbonyl (C=O) groups is 2. The Morgan fingerprint density at radius 1 is 1.32 bits per heavy atom. The molecule has 0 saturated heterocycles. The zero-order valence-electron chi connectivity index (χ0n) is 16.1. The van der Waals surface area contributed by atoms with Crippen molar-refractivity contribution in [3.63, 3.8) is 0 Å². The highest BCUT2D eigenvalue weighted by Gasteiger charge is 2.29. The van der Waals surface area contributed by atoms with E-state index in [1.807, 2.05) is 19.9 Å². The summed E-state index contributed by atoms with van der Waals surface area (Å²) in [6.45, 7) is 3.54. The Morgan fingerprint density at radius 2 is 2.07 bits per heavy atom. The molecule has 2 aliphatic carbocycles. The Labute approximate surface area is 168 Å². The number of hydrogen-bond donors (Lipinski definition) is 1. The molecule has 0 bridgehead atoms. The molecule has 1 fully saturated rings. The van der Waals surface area contributed by atoms with Crippen molar-refractivity contribution < 1.29 is 14.3 Å². The van der Waals surface area contributed by atoms with Crippen LogP contribution in [0.1, 0.15) is 69.5 Å². The quantitative estimate of drug-likeness (QED) is 0.772. The Kier molecular flexibility index (Phi) is 4.98. The number of anilines is 1. The van der Waals surface area contributed by atoms with Gasteiger partial charge in [0.1, 0.15) is 11.1 Å². The fourth-order valence-corrected chi connectivity index (χ4v) is 5.28. The maximum atomic E-state index is 12.4.